The van der Waals surface area contributed by atoms with E-state index in [0.717, 1.165) is 22.3 Å². The first-order valence-corrected chi connectivity index (χ1v) is 10.7. The lowest BCUT2D eigenvalue weighted by Crippen LogP contribution is -2.54. The van der Waals surface area contributed by atoms with Gasteiger partial charge in [-0.2, -0.15) is 0 Å². The van der Waals surface area contributed by atoms with E-state index >= 15 is 0 Å². The van der Waals surface area contributed by atoms with Crippen molar-refractivity contribution in [3.8, 4) is 11.1 Å². The number of ether oxygens (including phenoxy) is 1. The molecule has 2 aromatic rings. The number of benzene rings is 2. The Bertz CT molecular complexity index is 985. The molecule has 168 valence electrons. The molecule has 0 aliphatic heterocycles. The monoisotopic (exact) mass is 438 g/mol. The Labute approximate surface area is 185 Å². The van der Waals surface area contributed by atoms with Crippen LogP contribution in [0.3, 0.4) is 0 Å². The summed E-state index contributed by atoms with van der Waals surface area (Å²) >= 11 is 0. The lowest BCUT2D eigenvalue weighted by Gasteiger charge is -2.35. The second-order valence-corrected chi connectivity index (χ2v) is 8.40. The molecular formula is C24H26N2O6. The smallest absolute Gasteiger partial charge is 0.407 e. The number of aliphatic hydroxyl groups is 1. The van der Waals surface area contributed by atoms with Gasteiger partial charge < -0.3 is 25.6 Å². The molecule has 1 saturated carbocycles. The van der Waals surface area contributed by atoms with Gasteiger partial charge in [-0.1, -0.05) is 48.5 Å². The van der Waals surface area contributed by atoms with E-state index in [0.29, 0.717) is 12.8 Å². The van der Waals surface area contributed by atoms with E-state index in [2.05, 4.69) is 22.8 Å². The Morgan fingerprint density at radius 1 is 1.03 bits per heavy atom. The number of aliphatic carboxylic acids is 1. The SMILES string of the molecule is C[C@@H](O)[C@H](NC(=O)C1CC(NC(=O)OCC2c3ccccc3-c3ccccc32)C1)C(=O)O. The van der Waals surface area contributed by atoms with E-state index in [1.54, 1.807) is 0 Å². The highest BCUT2D eigenvalue weighted by atomic mass is 16.5. The maximum Gasteiger partial charge on any atom is 0.407 e. The number of carboxylic acid groups (broad SMARTS) is 1. The van der Waals surface area contributed by atoms with Crippen molar-refractivity contribution in [1.82, 2.24) is 10.6 Å². The Kier molecular flexibility index (Phi) is 6.14. The molecule has 0 bridgehead atoms. The second-order valence-electron chi connectivity index (χ2n) is 8.40. The highest BCUT2D eigenvalue weighted by molar-refractivity contribution is 5.86. The van der Waals surface area contributed by atoms with Gasteiger partial charge in [0.05, 0.1) is 6.10 Å². The molecule has 2 aliphatic rings. The molecular weight excluding hydrogens is 412 g/mol. The number of amides is 2. The predicted octanol–water partition coefficient (Wildman–Crippen LogP) is 2.25. The highest BCUT2D eigenvalue weighted by Gasteiger charge is 2.38. The quantitative estimate of drug-likeness (QED) is 0.526. The lowest BCUT2D eigenvalue weighted by molar-refractivity contribution is -0.146. The van der Waals surface area contributed by atoms with Crippen LogP contribution in [0.1, 0.15) is 36.8 Å². The van der Waals surface area contributed by atoms with Crippen molar-refractivity contribution in [3.63, 3.8) is 0 Å². The van der Waals surface area contributed by atoms with Gasteiger partial charge in [-0.3, -0.25) is 4.79 Å². The molecule has 32 heavy (non-hydrogen) atoms. The minimum atomic E-state index is -1.35. The summed E-state index contributed by atoms with van der Waals surface area (Å²) in [6.07, 6.45) is -0.959. The molecule has 2 atom stereocenters. The summed E-state index contributed by atoms with van der Waals surface area (Å²) in [6.45, 7) is 1.52. The predicted molar refractivity (Wildman–Crippen MR) is 116 cm³/mol. The van der Waals surface area contributed by atoms with Gasteiger partial charge in [0.15, 0.2) is 6.04 Å². The van der Waals surface area contributed by atoms with Crippen LogP contribution in [0.5, 0.6) is 0 Å². The van der Waals surface area contributed by atoms with Crippen molar-refractivity contribution in [2.75, 3.05) is 6.61 Å². The topological polar surface area (TPSA) is 125 Å². The average molecular weight is 438 g/mol. The number of aliphatic hydroxyl groups excluding tert-OH is 1. The fraction of sp³-hybridized carbons (Fsp3) is 0.375. The van der Waals surface area contributed by atoms with E-state index in [-0.39, 0.29) is 18.6 Å². The van der Waals surface area contributed by atoms with Crippen LogP contribution >= 0.6 is 0 Å². The highest BCUT2D eigenvalue weighted by Crippen LogP contribution is 2.44. The number of carbonyl (C=O) groups excluding carboxylic acids is 2. The molecule has 0 unspecified atom stereocenters. The van der Waals surface area contributed by atoms with Gasteiger partial charge in [-0.05, 0) is 42.0 Å². The number of alkyl carbamates (subject to hydrolysis) is 1. The van der Waals surface area contributed by atoms with Gasteiger partial charge in [0.2, 0.25) is 5.91 Å². The Morgan fingerprint density at radius 2 is 1.59 bits per heavy atom. The largest absolute Gasteiger partial charge is 0.480 e. The fourth-order valence-corrected chi connectivity index (χ4v) is 4.42. The molecule has 8 heteroatoms. The molecule has 2 aliphatic carbocycles. The van der Waals surface area contributed by atoms with E-state index in [1.165, 1.54) is 6.92 Å². The molecule has 0 radical (unpaired) electrons. The Hall–Kier alpha value is -3.39. The van der Waals surface area contributed by atoms with Gasteiger partial charge in [0, 0.05) is 17.9 Å². The average Bonchev–Trinajstić information content (AvgIpc) is 3.06. The Morgan fingerprint density at radius 3 is 2.12 bits per heavy atom. The summed E-state index contributed by atoms with van der Waals surface area (Å²) in [6, 6.07) is 14.6. The van der Waals surface area contributed by atoms with Crippen molar-refractivity contribution in [1.29, 1.82) is 0 Å². The maximum atomic E-state index is 12.3. The van der Waals surface area contributed by atoms with Gasteiger partial charge >= 0.3 is 12.1 Å². The zero-order chi connectivity index (χ0) is 22.8. The standard InChI is InChI=1S/C24H26N2O6/c1-13(27)21(23(29)30)26-22(28)14-10-15(11-14)25-24(31)32-12-20-18-8-4-2-6-16(18)17-7-3-5-9-19(17)20/h2-9,13-15,20-21,27H,10-12H2,1H3,(H,25,31)(H,26,28)(H,29,30)/t13-,14?,15?,21+/m1/s1. The summed E-state index contributed by atoms with van der Waals surface area (Å²) in [5.41, 5.74) is 4.57. The van der Waals surface area contributed by atoms with Crippen molar-refractivity contribution in [3.05, 3.63) is 59.7 Å². The van der Waals surface area contributed by atoms with Crippen molar-refractivity contribution < 1.29 is 29.3 Å². The first-order chi connectivity index (χ1) is 15.3. The zero-order valence-corrected chi connectivity index (χ0v) is 17.7. The molecule has 0 heterocycles. The number of hydrogen-bond donors (Lipinski definition) is 4. The molecule has 4 rings (SSSR count). The van der Waals surface area contributed by atoms with Gasteiger partial charge in [0.25, 0.3) is 0 Å². The normalized spacial score (nSPS) is 20.8. The number of rotatable bonds is 7. The molecule has 2 aromatic carbocycles. The summed E-state index contributed by atoms with van der Waals surface area (Å²) in [5.74, 6) is -2.17. The summed E-state index contributed by atoms with van der Waals surface area (Å²) < 4.78 is 5.51. The van der Waals surface area contributed by atoms with E-state index in [9.17, 15) is 19.5 Å². The zero-order valence-electron chi connectivity index (χ0n) is 17.7. The van der Waals surface area contributed by atoms with Crippen LogP contribution in [0.2, 0.25) is 0 Å². The molecule has 0 saturated heterocycles. The van der Waals surface area contributed by atoms with Gasteiger partial charge in [-0.25, -0.2) is 9.59 Å². The van der Waals surface area contributed by atoms with E-state index in [1.807, 2.05) is 36.4 Å². The van der Waals surface area contributed by atoms with Crippen molar-refractivity contribution >= 4 is 18.0 Å². The third kappa shape index (κ3) is 4.31. The van der Waals surface area contributed by atoms with Crippen LogP contribution in [0.15, 0.2) is 48.5 Å². The second kappa shape index (κ2) is 9.00. The van der Waals surface area contributed by atoms with E-state index in [4.69, 9.17) is 9.84 Å². The van der Waals surface area contributed by atoms with Gasteiger partial charge in [0.1, 0.15) is 6.61 Å². The number of carbonyl (C=O) groups is 3. The number of nitrogens with one attached hydrogen (secondary N) is 2. The van der Waals surface area contributed by atoms with Crippen molar-refractivity contribution in [2.45, 2.75) is 43.9 Å². The van der Waals surface area contributed by atoms with Crippen LogP contribution in [-0.2, 0) is 14.3 Å². The fourth-order valence-electron chi connectivity index (χ4n) is 4.42. The summed E-state index contributed by atoms with van der Waals surface area (Å²) in [4.78, 5) is 35.6. The molecule has 8 nitrogen and oxygen atoms in total. The third-order valence-electron chi connectivity index (χ3n) is 6.22. The van der Waals surface area contributed by atoms with Gasteiger partial charge in [-0.15, -0.1) is 0 Å². The van der Waals surface area contributed by atoms with Crippen LogP contribution in [-0.4, -0.2) is 53.0 Å². The molecule has 4 N–H and O–H groups in total. The minimum absolute atomic E-state index is 0.0264. The lowest BCUT2D eigenvalue weighted by atomic mass is 9.79. The third-order valence-corrected chi connectivity index (χ3v) is 6.22. The summed E-state index contributed by atoms with van der Waals surface area (Å²) in [5, 5.41) is 23.6. The molecule has 2 amide bonds. The van der Waals surface area contributed by atoms with Crippen LogP contribution in [0.25, 0.3) is 11.1 Å². The minimum Gasteiger partial charge on any atom is -0.480 e. The molecule has 1 fully saturated rings. The van der Waals surface area contributed by atoms with Crippen LogP contribution in [0.4, 0.5) is 4.79 Å². The Balaban J connectivity index is 1.27. The molecule has 0 spiro atoms. The first-order valence-electron chi connectivity index (χ1n) is 10.7. The number of fused-ring (bicyclic) bond motifs is 3. The number of hydrogen-bond acceptors (Lipinski definition) is 5. The molecule has 0 aromatic heterocycles. The van der Waals surface area contributed by atoms with Crippen LogP contribution in [0, 0.1) is 5.92 Å². The number of carboxylic acids is 1. The van der Waals surface area contributed by atoms with Crippen molar-refractivity contribution in [2.24, 2.45) is 5.92 Å². The maximum absolute atomic E-state index is 12.3. The van der Waals surface area contributed by atoms with Crippen LogP contribution < -0.4 is 10.6 Å². The summed E-state index contributed by atoms with van der Waals surface area (Å²) in [7, 11) is 0. The van der Waals surface area contributed by atoms with E-state index < -0.39 is 36.0 Å². The first kappa shape index (κ1) is 21.8.